The summed E-state index contributed by atoms with van der Waals surface area (Å²) >= 11 is 0. The molecule has 132 valence electrons. The number of pyridine rings is 1. The Labute approximate surface area is 143 Å². The normalized spacial score (nSPS) is 31.0. The molecule has 4 heterocycles. The van der Waals surface area contributed by atoms with Crippen LogP contribution in [0.3, 0.4) is 0 Å². The molecule has 1 N–H and O–H groups in total. The Bertz CT molecular complexity index is 735. The minimum absolute atomic E-state index is 0.0148. The number of amides is 2. The van der Waals surface area contributed by atoms with Crippen molar-refractivity contribution in [2.75, 3.05) is 11.4 Å². The van der Waals surface area contributed by atoms with E-state index in [4.69, 9.17) is 0 Å². The third-order valence-corrected chi connectivity index (χ3v) is 5.73. The first-order valence-corrected chi connectivity index (χ1v) is 8.31. The van der Waals surface area contributed by atoms with Crippen LogP contribution in [0.4, 0.5) is 16.3 Å². The second kappa shape index (κ2) is 5.40. The zero-order valence-corrected chi connectivity index (χ0v) is 13.5. The van der Waals surface area contributed by atoms with Gasteiger partial charge in [0.2, 0.25) is 5.91 Å². The number of nitro groups is 1. The third-order valence-electron chi connectivity index (χ3n) is 5.73. The van der Waals surface area contributed by atoms with Crippen molar-refractivity contribution in [2.45, 2.75) is 44.2 Å². The number of carbonyl (C=O) groups is 2. The van der Waals surface area contributed by atoms with Crippen LogP contribution in [-0.4, -0.2) is 50.5 Å². The molecule has 3 saturated heterocycles. The highest BCUT2D eigenvalue weighted by atomic mass is 16.6. The van der Waals surface area contributed by atoms with Crippen molar-refractivity contribution >= 4 is 23.5 Å². The van der Waals surface area contributed by atoms with E-state index in [-0.39, 0.29) is 29.2 Å². The maximum Gasteiger partial charge on any atom is 0.407 e. The quantitative estimate of drug-likeness (QED) is 0.647. The predicted molar refractivity (Wildman–Crippen MR) is 86.2 cm³/mol. The van der Waals surface area contributed by atoms with Crippen LogP contribution in [0.1, 0.15) is 32.1 Å². The molecule has 0 aliphatic carbocycles. The van der Waals surface area contributed by atoms with E-state index in [2.05, 4.69) is 4.98 Å². The Balaban J connectivity index is 1.55. The maximum atomic E-state index is 12.6. The maximum absolute atomic E-state index is 12.6. The average molecular weight is 346 g/mol. The second-order valence-corrected chi connectivity index (χ2v) is 7.27. The standard InChI is InChI=1S/C16H18N4O5/c21-14-7-16(5-10-1-2-11(6-16)19(10)15(22)23)9-18(14)12-3-4-13(17-8-12)20(24)25/h3-4,8,10-11H,1-2,5-7,9H2,(H,22,23). The molecule has 2 atom stereocenters. The molecule has 9 heteroatoms. The monoisotopic (exact) mass is 346 g/mol. The fourth-order valence-electron chi connectivity index (χ4n) is 4.81. The van der Waals surface area contributed by atoms with Gasteiger partial charge in [0.15, 0.2) is 6.20 Å². The fraction of sp³-hybridized carbons (Fsp3) is 0.562. The van der Waals surface area contributed by atoms with E-state index in [1.165, 1.54) is 12.3 Å². The lowest BCUT2D eigenvalue weighted by Gasteiger charge is -2.43. The van der Waals surface area contributed by atoms with Gasteiger partial charge in [0.05, 0.1) is 5.69 Å². The molecule has 0 aromatic carbocycles. The zero-order valence-electron chi connectivity index (χ0n) is 13.5. The van der Waals surface area contributed by atoms with E-state index in [0.29, 0.717) is 31.5 Å². The van der Waals surface area contributed by atoms with Crippen LogP contribution < -0.4 is 4.90 Å². The summed E-state index contributed by atoms with van der Waals surface area (Å²) in [6, 6.07) is 2.81. The number of carboxylic acid groups (broad SMARTS) is 1. The first-order chi connectivity index (χ1) is 11.9. The smallest absolute Gasteiger partial charge is 0.407 e. The van der Waals surface area contributed by atoms with Gasteiger partial charge in [0.25, 0.3) is 0 Å². The lowest BCUT2D eigenvalue weighted by Crippen LogP contribution is -2.50. The van der Waals surface area contributed by atoms with E-state index in [0.717, 1.165) is 12.8 Å². The molecule has 2 unspecified atom stereocenters. The van der Waals surface area contributed by atoms with Crippen molar-refractivity contribution in [3.8, 4) is 0 Å². The number of rotatable bonds is 2. The number of carbonyl (C=O) groups excluding carboxylic acids is 1. The summed E-state index contributed by atoms with van der Waals surface area (Å²) in [4.78, 5) is 41.1. The van der Waals surface area contributed by atoms with Crippen molar-refractivity contribution in [3.05, 3.63) is 28.4 Å². The van der Waals surface area contributed by atoms with Crippen molar-refractivity contribution in [1.82, 2.24) is 9.88 Å². The van der Waals surface area contributed by atoms with Gasteiger partial charge < -0.3 is 25.0 Å². The number of piperidine rings is 1. The molecule has 1 aromatic heterocycles. The minimum atomic E-state index is -0.872. The van der Waals surface area contributed by atoms with Gasteiger partial charge in [-0.25, -0.2) is 4.79 Å². The summed E-state index contributed by atoms with van der Waals surface area (Å²) in [5.74, 6) is -0.281. The van der Waals surface area contributed by atoms with E-state index >= 15 is 0 Å². The lowest BCUT2D eigenvalue weighted by atomic mass is 9.74. The van der Waals surface area contributed by atoms with Crippen molar-refractivity contribution in [3.63, 3.8) is 0 Å². The van der Waals surface area contributed by atoms with Crippen LogP contribution >= 0.6 is 0 Å². The lowest BCUT2D eigenvalue weighted by molar-refractivity contribution is -0.389. The predicted octanol–water partition coefficient (Wildman–Crippen LogP) is 2.02. The van der Waals surface area contributed by atoms with Crippen LogP contribution in [0.5, 0.6) is 0 Å². The highest BCUT2D eigenvalue weighted by Gasteiger charge is 2.54. The van der Waals surface area contributed by atoms with E-state index in [9.17, 15) is 24.8 Å². The molecule has 2 amide bonds. The first kappa shape index (κ1) is 15.8. The fourth-order valence-corrected chi connectivity index (χ4v) is 4.81. The van der Waals surface area contributed by atoms with Gasteiger partial charge in [-0.05, 0) is 41.7 Å². The molecule has 9 nitrogen and oxygen atoms in total. The third kappa shape index (κ3) is 2.50. The Hall–Kier alpha value is -2.71. The summed E-state index contributed by atoms with van der Waals surface area (Å²) in [5, 5.41) is 20.1. The van der Waals surface area contributed by atoms with Crippen LogP contribution in [0.25, 0.3) is 0 Å². The molecule has 25 heavy (non-hydrogen) atoms. The minimum Gasteiger partial charge on any atom is -0.465 e. The van der Waals surface area contributed by atoms with Crippen molar-refractivity contribution in [2.24, 2.45) is 5.41 Å². The summed E-state index contributed by atoms with van der Waals surface area (Å²) < 4.78 is 0. The highest BCUT2D eigenvalue weighted by molar-refractivity contribution is 5.96. The number of hydrogen-bond acceptors (Lipinski definition) is 5. The van der Waals surface area contributed by atoms with Gasteiger partial charge >= 0.3 is 11.9 Å². The van der Waals surface area contributed by atoms with E-state index < -0.39 is 11.0 Å². The molecule has 2 bridgehead atoms. The van der Waals surface area contributed by atoms with Crippen LogP contribution in [-0.2, 0) is 4.79 Å². The Morgan fingerprint density at radius 3 is 2.52 bits per heavy atom. The average Bonchev–Trinajstić information content (AvgIpc) is 3.03. The summed E-state index contributed by atoms with van der Waals surface area (Å²) in [7, 11) is 0. The van der Waals surface area contributed by atoms with Gasteiger partial charge in [0, 0.05) is 36.5 Å². The molecule has 0 radical (unpaired) electrons. The molecule has 3 aliphatic heterocycles. The van der Waals surface area contributed by atoms with Gasteiger partial charge in [-0.3, -0.25) is 4.79 Å². The number of hydrogen-bond donors (Lipinski definition) is 1. The molecule has 3 aliphatic rings. The number of nitrogens with zero attached hydrogens (tertiary/aromatic N) is 4. The molecule has 1 spiro atoms. The molecule has 1 aromatic rings. The van der Waals surface area contributed by atoms with Crippen LogP contribution in [0, 0.1) is 15.5 Å². The van der Waals surface area contributed by atoms with E-state index in [1.807, 2.05) is 0 Å². The summed E-state index contributed by atoms with van der Waals surface area (Å²) in [6.45, 7) is 0.520. The van der Waals surface area contributed by atoms with Gasteiger partial charge in [0.1, 0.15) is 0 Å². The van der Waals surface area contributed by atoms with Crippen LogP contribution in [0.2, 0.25) is 0 Å². The van der Waals surface area contributed by atoms with Gasteiger partial charge in [-0.2, -0.15) is 0 Å². The van der Waals surface area contributed by atoms with E-state index in [1.54, 1.807) is 15.9 Å². The molecule has 3 fully saturated rings. The Morgan fingerprint density at radius 1 is 1.32 bits per heavy atom. The molecule has 4 rings (SSSR count). The molecular formula is C16H18N4O5. The summed E-state index contributed by atoms with van der Waals surface area (Å²) in [6.07, 6.45) is 3.97. The molecular weight excluding hydrogens is 328 g/mol. The SMILES string of the molecule is O=C1CC2(CC3CCC(C2)N3C(=O)O)CN1c1ccc([N+](=O)[O-])nc1. The number of anilines is 1. The van der Waals surface area contributed by atoms with Crippen molar-refractivity contribution in [1.29, 1.82) is 0 Å². The highest BCUT2D eigenvalue weighted by Crippen LogP contribution is 2.51. The first-order valence-electron chi connectivity index (χ1n) is 8.31. The number of aromatic nitrogens is 1. The Morgan fingerprint density at radius 2 is 2.00 bits per heavy atom. The van der Waals surface area contributed by atoms with Gasteiger partial charge in [-0.1, -0.05) is 0 Å². The Kier molecular flexibility index (Phi) is 3.41. The van der Waals surface area contributed by atoms with Gasteiger partial charge in [-0.15, -0.1) is 0 Å². The zero-order chi connectivity index (χ0) is 17.8. The number of fused-ring (bicyclic) bond motifs is 2. The molecule has 0 saturated carbocycles. The largest absolute Gasteiger partial charge is 0.465 e. The van der Waals surface area contributed by atoms with Crippen molar-refractivity contribution < 1.29 is 19.6 Å². The van der Waals surface area contributed by atoms with Crippen LogP contribution in [0.15, 0.2) is 18.3 Å². The summed E-state index contributed by atoms with van der Waals surface area (Å²) in [5.41, 5.74) is 0.344. The second-order valence-electron chi connectivity index (χ2n) is 7.27. The topological polar surface area (TPSA) is 117 Å².